The summed E-state index contributed by atoms with van der Waals surface area (Å²) in [7, 11) is 0. The van der Waals surface area contributed by atoms with Crippen molar-refractivity contribution in [3.05, 3.63) is 61.6 Å². The lowest BCUT2D eigenvalue weighted by Gasteiger charge is -2.09. The molecule has 1 fully saturated rings. The second kappa shape index (κ2) is 6.60. The summed E-state index contributed by atoms with van der Waals surface area (Å²) < 4.78 is 2.34. The van der Waals surface area contributed by atoms with E-state index in [1.807, 2.05) is 18.2 Å². The lowest BCUT2D eigenvalue weighted by atomic mass is 10.2. The monoisotopic (exact) mass is 409 g/mol. The van der Waals surface area contributed by atoms with E-state index in [0.29, 0.717) is 24.6 Å². The van der Waals surface area contributed by atoms with E-state index >= 15 is 0 Å². The second-order valence-electron chi connectivity index (χ2n) is 5.33. The third-order valence-electron chi connectivity index (χ3n) is 3.61. The molecular formula is C16H16IN3O2. The third-order valence-corrected chi connectivity index (χ3v) is 4.55. The number of rotatable bonds is 5. The fraction of sp³-hybridized carbons (Fsp3) is 0.312. The average Bonchev–Trinajstić information content (AvgIpc) is 3.34. The Morgan fingerprint density at radius 3 is 2.77 bits per heavy atom. The van der Waals surface area contributed by atoms with Gasteiger partial charge >= 0.3 is 0 Å². The minimum Gasteiger partial charge on any atom is -0.350 e. The molecule has 1 heterocycles. The van der Waals surface area contributed by atoms with Crippen LogP contribution in [0.2, 0.25) is 0 Å². The molecule has 0 aliphatic heterocycles. The fourth-order valence-corrected chi connectivity index (χ4v) is 2.87. The molecule has 1 aliphatic carbocycles. The van der Waals surface area contributed by atoms with Crippen molar-refractivity contribution in [2.45, 2.75) is 25.3 Å². The molecule has 0 saturated heterocycles. The maximum atomic E-state index is 12.1. The summed E-state index contributed by atoms with van der Waals surface area (Å²) in [5.74, 6) is 0.378. The van der Waals surface area contributed by atoms with Crippen LogP contribution in [0, 0.1) is 3.57 Å². The number of benzene rings is 1. The number of carbonyl (C=O) groups excluding carboxylic acids is 1. The van der Waals surface area contributed by atoms with Crippen molar-refractivity contribution in [2.24, 2.45) is 0 Å². The number of carbonyl (C=O) groups is 1. The minimum absolute atomic E-state index is 0.128. The van der Waals surface area contributed by atoms with Gasteiger partial charge in [0.2, 0.25) is 0 Å². The first-order valence-corrected chi connectivity index (χ1v) is 8.34. The SMILES string of the molecule is O=C(NCCn1nc(C2CC2)ccc1=O)c1ccccc1I. The number of aromatic nitrogens is 2. The van der Waals surface area contributed by atoms with Crippen molar-refractivity contribution < 1.29 is 4.79 Å². The minimum atomic E-state index is -0.132. The molecule has 0 atom stereocenters. The van der Waals surface area contributed by atoms with E-state index in [4.69, 9.17) is 0 Å². The van der Waals surface area contributed by atoms with Gasteiger partial charge in [-0.25, -0.2) is 4.68 Å². The van der Waals surface area contributed by atoms with Gasteiger partial charge < -0.3 is 5.32 Å². The molecule has 0 radical (unpaired) electrons. The summed E-state index contributed by atoms with van der Waals surface area (Å²) in [4.78, 5) is 23.9. The summed E-state index contributed by atoms with van der Waals surface area (Å²) in [6.45, 7) is 0.763. The van der Waals surface area contributed by atoms with Gasteiger partial charge in [-0.1, -0.05) is 12.1 Å². The van der Waals surface area contributed by atoms with Gasteiger partial charge in [-0.05, 0) is 53.6 Å². The lowest BCUT2D eigenvalue weighted by molar-refractivity contribution is 0.0951. The van der Waals surface area contributed by atoms with Crippen LogP contribution in [0.1, 0.15) is 34.8 Å². The zero-order chi connectivity index (χ0) is 15.5. The normalized spacial score (nSPS) is 13.9. The van der Waals surface area contributed by atoms with Gasteiger partial charge in [-0.2, -0.15) is 5.10 Å². The van der Waals surface area contributed by atoms with E-state index in [1.165, 1.54) is 4.68 Å². The molecule has 6 heteroatoms. The first kappa shape index (κ1) is 15.2. The van der Waals surface area contributed by atoms with Crippen LogP contribution >= 0.6 is 22.6 Å². The highest BCUT2D eigenvalue weighted by molar-refractivity contribution is 14.1. The standard InChI is InChI=1S/C16H16IN3O2/c17-13-4-2-1-3-12(13)16(22)18-9-10-20-15(21)8-7-14(19-20)11-5-6-11/h1-4,7-8,11H,5-6,9-10H2,(H,18,22). The number of hydrogen-bond donors (Lipinski definition) is 1. The summed E-state index contributed by atoms with van der Waals surface area (Å²) in [5, 5.41) is 7.21. The van der Waals surface area contributed by atoms with Crippen LogP contribution in [-0.2, 0) is 6.54 Å². The summed E-state index contributed by atoms with van der Waals surface area (Å²) >= 11 is 2.13. The van der Waals surface area contributed by atoms with E-state index in [0.717, 1.165) is 22.1 Å². The van der Waals surface area contributed by atoms with Crippen molar-refractivity contribution >= 4 is 28.5 Å². The molecule has 114 valence electrons. The molecule has 1 N–H and O–H groups in total. The van der Waals surface area contributed by atoms with Gasteiger partial charge in [0, 0.05) is 22.1 Å². The highest BCUT2D eigenvalue weighted by atomic mass is 127. The Morgan fingerprint density at radius 2 is 2.05 bits per heavy atom. The highest BCUT2D eigenvalue weighted by Crippen LogP contribution is 2.38. The summed E-state index contributed by atoms with van der Waals surface area (Å²) in [6, 6.07) is 10.8. The maximum absolute atomic E-state index is 12.1. The zero-order valence-electron chi connectivity index (χ0n) is 12.0. The van der Waals surface area contributed by atoms with E-state index < -0.39 is 0 Å². The quantitative estimate of drug-likeness (QED) is 0.770. The Balaban J connectivity index is 1.61. The Morgan fingerprint density at radius 1 is 1.27 bits per heavy atom. The Labute approximate surface area is 141 Å². The van der Waals surface area contributed by atoms with Crippen LogP contribution in [0.4, 0.5) is 0 Å². The third kappa shape index (κ3) is 3.55. The van der Waals surface area contributed by atoms with Gasteiger partial charge in [0.1, 0.15) is 0 Å². The number of hydrogen-bond acceptors (Lipinski definition) is 3. The van der Waals surface area contributed by atoms with Gasteiger partial charge in [0.05, 0.1) is 17.8 Å². The summed E-state index contributed by atoms with van der Waals surface area (Å²) in [5.41, 5.74) is 1.49. The first-order valence-electron chi connectivity index (χ1n) is 7.26. The topological polar surface area (TPSA) is 64.0 Å². The molecule has 0 spiro atoms. The van der Waals surface area contributed by atoms with Crippen molar-refractivity contribution in [3.63, 3.8) is 0 Å². The molecule has 1 aliphatic rings. The molecule has 22 heavy (non-hydrogen) atoms. The molecule has 1 aromatic heterocycles. The molecule has 1 saturated carbocycles. The highest BCUT2D eigenvalue weighted by Gasteiger charge is 2.25. The van der Waals surface area contributed by atoms with E-state index in [1.54, 1.807) is 18.2 Å². The van der Waals surface area contributed by atoms with Crippen molar-refractivity contribution in [1.29, 1.82) is 0 Å². The maximum Gasteiger partial charge on any atom is 0.266 e. The van der Waals surface area contributed by atoms with E-state index in [2.05, 4.69) is 33.0 Å². The predicted octanol–water partition coefficient (Wildman–Crippen LogP) is 2.16. The second-order valence-corrected chi connectivity index (χ2v) is 6.49. The van der Waals surface area contributed by atoms with Gasteiger partial charge in [0.15, 0.2) is 0 Å². The Hall–Kier alpha value is -1.70. The van der Waals surface area contributed by atoms with Crippen LogP contribution in [0.25, 0.3) is 0 Å². The molecular weight excluding hydrogens is 393 g/mol. The van der Waals surface area contributed by atoms with Crippen molar-refractivity contribution in [1.82, 2.24) is 15.1 Å². The molecule has 3 rings (SSSR count). The molecule has 5 nitrogen and oxygen atoms in total. The van der Waals surface area contributed by atoms with Crippen molar-refractivity contribution in [3.8, 4) is 0 Å². The predicted molar refractivity (Wildman–Crippen MR) is 92.0 cm³/mol. The number of nitrogens with one attached hydrogen (secondary N) is 1. The van der Waals surface area contributed by atoms with Gasteiger partial charge in [0.25, 0.3) is 11.5 Å². The average molecular weight is 409 g/mol. The van der Waals surface area contributed by atoms with Crippen molar-refractivity contribution in [2.75, 3.05) is 6.54 Å². The van der Waals surface area contributed by atoms with Gasteiger partial charge in [-0.3, -0.25) is 9.59 Å². The Kier molecular flexibility index (Phi) is 4.56. The van der Waals surface area contributed by atoms with Crippen LogP contribution in [0.5, 0.6) is 0 Å². The van der Waals surface area contributed by atoms with Crippen LogP contribution in [0.15, 0.2) is 41.2 Å². The molecule has 0 unspecified atom stereocenters. The van der Waals surface area contributed by atoms with Crippen LogP contribution in [-0.4, -0.2) is 22.2 Å². The van der Waals surface area contributed by atoms with E-state index in [-0.39, 0.29) is 11.5 Å². The van der Waals surface area contributed by atoms with Crippen LogP contribution in [0.3, 0.4) is 0 Å². The molecule has 2 aromatic rings. The number of nitrogens with zero attached hydrogens (tertiary/aromatic N) is 2. The van der Waals surface area contributed by atoms with Gasteiger partial charge in [-0.15, -0.1) is 0 Å². The zero-order valence-corrected chi connectivity index (χ0v) is 14.1. The fourth-order valence-electron chi connectivity index (χ4n) is 2.24. The number of halogens is 1. The summed E-state index contributed by atoms with van der Waals surface area (Å²) in [6.07, 6.45) is 2.29. The smallest absolute Gasteiger partial charge is 0.266 e. The Bertz CT molecular complexity index is 753. The molecule has 1 amide bonds. The van der Waals surface area contributed by atoms with Crippen LogP contribution < -0.4 is 10.9 Å². The molecule has 1 aromatic carbocycles. The first-order chi connectivity index (χ1) is 10.6. The molecule has 0 bridgehead atoms. The lowest BCUT2D eigenvalue weighted by Crippen LogP contribution is -2.32. The van der Waals surface area contributed by atoms with E-state index in [9.17, 15) is 9.59 Å². The number of amides is 1. The largest absolute Gasteiger partial charge is 0.350 e.